The molecule has 1 fully saturated rings. The van der Waals surface area contributed by atoms with Crippen LogP contribution in [0.4, 0.5) is 19.3 Å². The van der Waals surface area contributed by atoms with E-state index in [9.17, 15) is 23.2 Å². The van der Waals surface area contributed by atoms with Gasteiger partial charge in [-0.2, -0.15) is 0 Å². The van der Waals surface area contributed by atoms with Gasteiger partial charge in [-0.1, -0.05) is 19.3 Å². The Morgan fingerprint density at radius 3 is 2.40 bits per heavy atom. The van der Waals surface area contributed by atoms with E-state index in [-0.39, 0.29) is 42.4 Å². The normalized spacial score (nSPS) is 19.2. The summed E-state index contributed by atoms with van der Waals surface area (Å²) in [6, 6.07) is 6.10. The fraction of sp³-hybridized carbons (Fsp3) is 0.483. The number of rotatable bonds is 7. The molecule has 2 aromatic carbocycles. The van der Waals surface area contributed by atoms with Gasteiger partial charge in [0.25, 0.3) is 11.8 Å². The Hall–Kier alpha value is -3.21. The van der Waals surface area contributed by atoms with Crippen LogP contribution in [0.2, 0.25) is 0 Å². The maximum absolute atomic E-state index is 14.2. The number of methoxy groups -OCH3 is 1. The topological polar surface area (TPSA) is 88.2 Å². The molecule has 1 N–H and O–H groups in total. The Kier molecular flexibility index (Phi) is 9.02. The van der Waals surface area contributed by atoms with E-state index in [2.05, 4.69) is 26.0 Å². The lowest BCUT2D eigenvalue weighted by atomic mass is 9.91. The second-order valence-electron chi connectivity index (χ2n) is 10.6. The second-order valence-corrected chi connectivity index (χ2v) is 11.4. The largest absolute Gasteiger partial charge is 0.471 e. The molecule has 40 heavy (non-hydrogen) atoms. The summed E-state index contributed by atoms with van der Waals surface area (Å²) in [6.45, 7) is 5.41. The van der Waals surface area contributed by atoms with Crippen LogP contribution >= 0.6 is 15.9 Å². The van der Waals surface area contributed by atoms with Crippen LogP contribution in [0.15, 0.2) is 34.8 Å². The molecule has 1 saturated carbocycles. The summed E-state index contributed by atoms with van der Waals surface area (Å²) < 4.78 is 39.6. The van der Waals surface area contributed by atoms with Crippen molar-refractivity contribution in [2.24, 2.45) is 0 Å². The van der Waals surface area contributed by atoms with E-state index < -0.39 is 29.2 Å². The molecule has 0 bridgehead atoms. The molecule has 11 heteroatoms. The SMILES string of the molecule is COC(=O)NCCN1C(=O)C(C)(c2cc(F)cc(F)c2)Oc2cc(Br)c(C(=O)N(C(C)C)C3CCCCC3)cc21. The molecule has 8 nitrogen and oxygen atoms in total. The number of halogens is 3. The van der Waals surface area contributed by atoms with Crippen LogP contribution in [-0.4, -0.2) is 55.1 Å². The molecule has 2 aliphatic rings. The summed E-state index contributed by atoms with van der Waals surface area (Å²) in [7, 11) is 1.22. The summed E-state index contributed by atoms with van der Waals surface area (Å²) in [5.74, 6) is -2.24. The number of carbonyl (C=O) groups is 3. The van der Waals surface area contributed by atoms with E-state index in [1.807, 2.05) is 18.7 Å². The molecule has 0 aromatic heterocycles. The van der Waals surface area contributed by atoms with Crippen molar-refractivity contribution in [1.82, 2.24) is 10.2 Å². The fourth-order valence-corrected chi connectivity index (χ4v) is 6.02. The molecule has 0 saturated heterocycles. The predicted octanol–water partition coefficient (Wildman–Crippen LogP) is 5.91. The zero-order valence-corrected chi connectivity index (χ0v) is 24.6. The van der Waals surface area contributed by atoms with E-state index in [1.165, 1.54) is 18.9 Å². The zero-order valence-electron chi connectivity index (χ0n) is 23.1. The molecule has 216 valence electrons. The highest BCUT2D eigenvalue weighted by Crippen LogP contribution is 2.45. The van der Waals surface area contributed by atoms with Gasteiger partial charge in [0.1, 0.15) is 17.4 Å². The molecule has 2 aromatic rings. The maximum atomic E-state index is 14.2. The van der Waals surface area contributed by atoms with Crippen LogP contribution in [0.5, 0.6) is 5.75 Å². The standard InChI is InChI=1S/C29H34BrF2N3O5/c1-17(2)35(21-8-6-5-7-9-21)26(36)22-15-24-25(16-23(22)30)40-29(3,18-12-19(31)14-20(32)13-18)27(37)34(24)11-10-33-28(38)39-4/h12-17,21H,5-11H2,1-4H3,(H,33,38). The van der Waals surface area contributed by atoms with Gasteiger partial charge in [0.15, 0.2) is 0 Å². The number of carbonyl (C=O) groups excluding carboxylic acids is 3. The lowest BCUT2D eigenvalue weighted by Gasteiger charge is -2.42. The summed E-state index contributed by atoms with van der Waals surface area (Å²) in [5.41, 5.74) is -1.12. The molecule has 4 rings (SSSR count). The van der Waals surface area contributed by atoms with Crippen molar-refractivity contribution in [2.75, 3.05) is 25.1 Å². The van der Waals surface area contributed by atoms with Crippen molar-refractivity contribution in [3.8, 4) is 5.75 Å². The minimum atomic E-state index is -1.78. The number of amides is 3. The summed E-state index contributed by atoms with van der Waals surface area (Å²) in [4.78, 5) is 42.8. The molecular formula is C29H34BrF2N3O5. The van der Waals surface area contributed by atoms with Crippen molar-refractivity contribution in [3.05, 3.63) is 57.6 Å². The van der Waals surface area contributed by atoms with Gasteiger partial charge in [-0.05, 0) is 73.8 Å². The van der Waals surface area contributed by atoms with Crippen molar-refractivity contribution >= 4 is 39.5 Å². The predicted molar refractivity (Wildman–Crippen MR) is 149 cm³/mol. The van der Waals surface area contributed by atoms with Crippen molar-refractivity contribution in [2.45, 2.75) is 70.6 Å². The van der Waals surface area contributed by atoms with Crippen molar-refractivity contribution < 1.29 is 32.6 Å². The van der Waals surface area contributed by atoms with Crippen LogP contribution in [0.1, 0.15) is 68.8 Å². The summed E-state index contributed by atoms with van der Waals surface area (Å²) in [6.07, 6.45) is 4.47. The Balaban J connectivity index is 1.78. The number of nitrogens with zero attached hydrogens (tertiary/aromatic N) is 2. The first-order chi connectivity index (χ1) is 19.0. The van der Waals surface area contributed by atoms with E-state index >= 15 is 0 Å². The third-order valence-corrected chi connectivity index (χ3v) is 8.16. The molecule has 1 aliphatic heterocycles. The van der Waals surface area contributed by atoms with Gasteiger partial charge in [-0.25, -0.2) is 13.6 Å². The molecule has 3 amide bonds. The van der Waals surface area contributed by atoms with Crippen LogP contribution < -0.4 is 15.0 Å². The molecule has 1 aliphatic carbocycles. The van der Waals surface area contributed by atoms with Crippen molar-refractivity contribution in [1.29, 1.82) is 0 Å². The fourth-order valence-electron chi connectivity index (χ4n) is 5.53. The monoisotopic (exact) mass is 621 g/mol. The summed E-state index contributed by atoms with van der Waals surface area (Å²) >= 11 is 3.53. The number of hydrogen-bond donors (Lipinski definition) is 1. The Bertz CT molecular complexity index is 1280. The van der Waals surface area contributed by atoms with Gasteiger partial charge in [-0.15, -0.1) is 0 Å². The lowest BCUT2D eigenvalue weighted by molar-refractivity contribution is -0.135. The maximum Gasteiger partial charge on any atom is 0.406 e. The van der Waals surface area contributed by atoms with Crippen LogP contribution in [0.3, 0.4) is 0 Å². The number of hydrogen-bond acceptors (Lipinski definition) is 5. The number of fused-ring (bicyclic) bond motifs is 1. The first kappa shape index (κ1) is 29.8. The van der Waals surface area contributed by atoms with Gasteiger partial charge in [0, 0.05) is 41.3 Å². The van der Waals surface area contributed by atoms with Crippen LogP contribution in [-0.2, 0) is 15.1 Å². The molecular weight excluding hydrogens is 588 g/mol. The number of benzene rings is 2. The van der Waals surface area contributed by atoms with Gasteiger partial charge >= 0.3 is 6.09 Å². The van der Waals surface area contributed by atoms with E-state index in [0.717, 1.165) is 44.2 Å². The number of nitrogens with one attached hydrogen (secondary N) is 1. The smallest absolute Gasteiger partial charge is 0.406 e. The van der Waals surface area contributed by atoms with E-state index in [4.69, 9.17) is 4.74 Å². The molecule has 1 unspecified atom stereocenters. The number of ether oxygens (including phenoxy) is 2. The van der Waals surface area contributed by atoms with Crippen molar-refractivity contribution in [3.63, 3.8) is 0 Å². The lowest BCUT2D eigenvalue weighted by Crippen LogP contribution is -2.54. The van der Waals surface area contributed by atoms with E-state index in [0.29, 0.717) is 21.8 Å². The Labute approximate surface area is 241 Å². The highest BCUT2D eigenvalue weighted by atomic mass is 79.9. The quantitative estimate of drug-likeness (QED) is 0.415. The third kappa shape index (κ3) is 5.94. The van der Waals surface area contributed by atoms with Gasteiger partial charge in [0.05, 0.1) is 18.4 Å². The molecule has 1 heterocycles. The average molecular weight is 623 g/mol. The number of alkyl carbamates (subject to hydrolysis) is 1. The van der Waals surface area contributed by atoms with Gasteiger partial charge < -0.3 is 24.6 Å². The van der Waals surface area contributed by atoms with Gasteiger partial charge in [-0.3, -0.25) is 9.59 Å². The molecule has 1 atom stereocenters. The second kappa shape index (κ2) is 12.1. The summed E-state index contributed by atoms with van der Waals surface area (Å²) in [5, 5.41) is 2.54. The Morgan fingerprint density at radius 1 is 1.15 bits per heavy atom. The first-order valence-electron chi connectivity index (χ1n) is 13.4. The molecule has 0 spiro atoms. The first-order valence-corrected chi connectivity index (χ1v) is 14.2. The van der Waals surface area contributed by atoms with E-state index in [1.54, 1.807) is 12.1 Å². The van der Waals surface area contributed by atoms with Gasteiger partial charge in [0.2, 0.25) is 5.60 Å². The average Bonchev–Trinajstić information content (AvgIpc) is 2.90. The highest BCUT2D eigenvalue weighted by molar-refractivity contribution is 9.10. The van der Waals surface area contributed by atoms with Crippen LogP contribution in [0.25, 0.3) is 0 Å². The minimum Gasteiger partial charge on any atom is -0.471 e. The molecule has 0 radical (unpaired) electrons. The Morgan fingerprint density at radius 2 is 1.80 bits per heavy atom. The highest BCUT2D eigenvalue weighted by Gasteiger charge is 2.47. The number of anilines is 1. The van der Waals surface area contributed by atoms with Crippen LogP contribution in [0, 0.1) is 11.6 Å². The minimum absolute atomic E-state index is 0.00821. The zero-order chi connectivity index (χ0) is 29.2. The third-order valence-electron chi connectivity index (χ3n) is 7.50.